The molecule has 0 atom stereocenters. The van der Waals surface area contributed by atoms with Crippen LogP contribution >= 0.6 is 0 Å². The van der Waals surface area contributed by atoms with Crippen LogP contribution in [-0.4, -0.2) is 50.8 Å². The summed E-state index contributed by atoms with van der Waals surface area (Å²) in [6, 6.07) is 0. The number of unbranched alkanes of at least 4 members (excludes halogenated alkanes) is 2. The fourth-order valence-corrected chi connectivity index (χ4v) is 1.45. The van der Waals surface area contributed by atoms with Crippen molar-refractivity contribution in [3.05, 3.63) is 0 Å². The van der Waals surface area contributed by atoms with E-state index in [0.717, 1.165) is 32.8 Å². The number of ether oxygens (including phenoxy) is 1. The van der Waals surface area contributed by atoms with Crippen molar-refractivity contribution < 1.29 is 4.74 Å². The normalized spacial score (nSPS) is 11.6. The van der Waals surface area contributed by atoms with Crippen LogP contribution in [0.25, 0.3) is 0 Å². The number of hydrogen-bond acceptors (Lipinski definition) is 3. The van der Waals surface area contributed by atoms with Gasteiger partial charge >= 0.3 is 0 Å². The topological polar surface area (TPSA) is 24.5 Å². The quantitative estimate of drug-likeness (QED) is 0.550. The third-order valence-corrected chi connectivity index (χ3v) is 2.55. The Morgan fingerprint density at radius 1 is 1.12 bits per heavy atom. The van der Waals surface area contributed by atoms with Crippen molar-refractivity contribution in [3.8, 4) is 0 Å². The second kappa shape index (κ2) is 11.4. The highest BCUT2D eigenvalue weighted by atomic mass is 16.5. The van der Waals surface area contributed by atoms with Crippen LogP contribution in [0.4, 0.5) is 0 Å². The van der Waals surface area contributed by atoms with E-state index in [0.29, 0.717) is 6.10 Å². The number of nitrogens with zero attached hydrogens (tertiary/aromatic N) is 1. The van der Waals surface area contributed by atoms with Gasteiger partial charge in [-0.05, 0) is 33.9 Å². The summed E-state index contributed by atoms with van der Waals surface area (Å²) < 4.78 is 5.51. The van der Waals surface area contributed by atoms with Crippen molar-refractivity contribution in [2.75, 3.05) is 39.8 Å². The second-order valence-corrected chi connectivity index (χ2v) is 4.68. The van der Waals surface area contributed by atoms with Gasteiger partial charge in [0.1, 0.15) is 0 Å². The van der Waals surface area contributed by atoms with Gasteiger partial charge in [-0.2, -0.15) is 0 Å². The molecule has 0 bridgehead atoms. The number of likely N-dealkylation sites (N-methyl/N-ethyl adjacent to an activating group) is 1. The zero-order chi connectivity index (χ0) is 12.2. The molecule has 0 aliphatic carbocycles. The van der Waals surface area contributed by atoms with E-state index in [1.54, 1.807) is 0 Å². The smallest absolute Gasteiger partial charge is 0.0596 e. The minimum absolute atomic E-state index is 0.348. The third-order valence-electron chi connectivity index (χ3n) is 2.55. The maximum atomic E-state index is 5.51. The van der Waals surface area contributed by atoms with Gasteiger partial charge < -0.3 is 15.0 Å². The lowest BCUT2D eigenvalue weighted by Gasteiger charge is -2.17. The summed E-state index contributed by atoms with van der Waals surface area (Å²) in [5.74, 6) is 0. The molecule has 3 nitrogen and oxygen atoms in total. The van der Waals surface area contributed by atoms with Crippen LogP contribution in [0.1, 0.15) is 40.0 Å². The van der Waals surface area contributed by atoms with Crippen molar-refractivity contribution in [1.82, 2.24) is 10.2 Å². The first-order valence-electron chi connectivity index (χ1n) is 6.67. The van der Waals surface area contributed by atoms with Crippen molar-refractivity contribution in [3.63, 3.8) is 0 Å². The lowest BCUT2D eigenvalue weighted by molar-refractivity contribution is 0.0640. The van der Waals surface area contributed by atoms with Crippen LogP contribution in [0, 0.1) is 0 Å². The predicted molar refractivity (Wildman–Crippen MR) is 71.0 cm³/mol. The molecular weight excluding hydrogens is 200 g/mol. The maximum absolute atomic E-state index is 5.51. The summed E-state index contributed by atoms with van der Waals surface area (Å²) in [5.41, 5.74) is 0. The summed E-state index contributed by atoms with van der Waals surface area (Å²) in [6.07, 6.45) is 4.29. The Labute approximate surface area is 102 Å². The van der Waals surface area contributed by atoms with Crippen LogP contribution in [0.15, 0.2) is 0 Å². The summed E-state index contributed by atoms with van der Waals surface area (Å²) in [6.45, 7) is 11.6. The Bertz CT molecular complexity index is 140. The van der Waals surface area contributed by atoms with E-state index in [9.17, 15) is 0 Å². The molecule has 0 heterocycles. The first kappa shape index (κ1) is 15.9. The first-order chi connectivity index (χ1) is 7.66. The largest absolute Gasteiger partial charge is 0.377 e. The van der Waals surface area contributed by atoms with Gasteiger partial charge in [0.15, 0.2) is 0 Å². The molecule has 0 saturated carbocycles. The average molecular weight is 230 g/mol. The monoisotopic (exact) mass is 230 g/mol. The van der Waals surface area contributed by atoms with Gasteiger partial charge in [-0.15, -0.1) is 0 Å². The summed E-state index contributed by atoms with van der Waals surface area (Å²) in [4.78, 5) is 2.31. The molecule has 0 aromatic rings. The number of hydrogen-bond donors (Lipinski definition) is 1. The fourth-order valence-electron chi connectivity index (χ4n) is 1.45. The van der Waals surface area contributed by atoms with Crippen LogP contribution in [0.3, 0.4) is 0 Å². The summed E-state index contributed by atoms with van der Waals surface area (Å²) in [5, 5.41) is 3.47. The molecular formula is C13H30N2O. The maximum Gasteiger partial charge on any atom is 0.0596 e. The van der Waals surface area contributed by atoms with Crippen LogP contribution < -0.4 is 5.32 Å². The van der Waals surface area contributed by atoms with Gasteiger partial charge in [0.25, 0.3) is 0 Å². The van der Waals surface area contributed by atoms with Crippen molar-refractivity contribution >= 4 is 0 Å². The Morgan fingerprint density at radius 2 is 1.88 bits per heavy atom. The molecule has 0 rings (SSSR count). The van der Waals surface area contributed by atoms with Crippen LogP contribution in [0.2, 0.25) is 0 Å². The lowest BCUT2D eigenvalue weighted by atomic mass is 10.2. The molecule has 16 heavy (non-hydrogen) atoms. The zero-order valence-corrected chi connectivity index (χ0v) is 11.6. The number of rotatable bonds is 11. The molecule has 0 fully saturated rings. The predicted octanol–water partition coefficient (Wildman–Crippen LogP) is 2.12. The molecule has 0 amide bonds. The first-order valence-corrected chi connectivity index (χ1v) is 6.67. The molecule has 0 unspecified atom stereocenters. The van der Waals surface area contributed by atoms with Gasteiger partial charge in [0, 0.05) is 19.6 Å². The molecule has 0 aromatic heterocycles. The SMILES string of the molecule is CCCCCNCCN(C)CCOC(C)C. The molecule has 0 spiro atoms. The molecule has 3 heteroatoms. The average Bonchev–Trinajstić information content (AvgIpc) is 2.22. The van der Waals surface area contributed by atoms with Crippen molar-refractivity contribution in [1.29, 1.82) is 0 Å². The van der Waals surface area contributed by atoms with Crippen LogP contribution in [-0.2, 0) is 4.74 Å². The van der Waals surface area contributed by atoms with E-state index in [4.69, 9.17) is 4.74 Å². The standard InChI is InChI=1S/C13H30N2O/c1-5-6-7-8-14-9-10-15(4)11-12-16-13(2)3/h13-14H,5-12H2,1-4H3. The van der Waals surface area contributed by atoms with E-state index >= 15 is 0 Å². The van der Waals surface area contributed by atoms with Gasteiger partial charge in [-0.1, -0.05) is 19.8 Å². The van der Waals surface area contributed by atoms with E-state index in [1.807, 2.05) is 0 Å². The van der Waals surface area contributed by atoms with E-state index in [-0.39, 0.29) is 0 Å². The van der Waals surface area contributed by atoms with E-state index in [1.165, 1.54) is 19.3 Å². The molecule has 0 aliphatic heterocycles. The summed E-state index contributed by atoms with van der Waals surface area (Å²) in [7, 11) is 2.15. The summed E-state index contributed by atoms with van der Waals surface area (Å²) >= 11 is 0. The lowest BCUT2D eigenvalue weighted by Crippen LogP contribution is -2.32. The van der Waals surface area contributed by atoms with Gasteiger partial charge in [-0.25, -0.2) is 0 Å². The van der Waals surface area contributed by atoms with Gasteiger partial charge in [0.05, 0.1) is 12.7 Å². The Hall–Kier alpha value is -0.120. The minimum Gasteiger partial charge on any atom is -0.377 e. The second-order valence-electron chi connectivity index (χ2n) is 4.68. The zero-order valence-electron chi connectivity index (χ0n) is 11.6. The molecule has 0 aromatic carbocycles. The van der Waals surface area contributed by atoms with Gasteiger partial charge in [-0.3, -0.25) is 0 Å². The fraction of sp³-hybridized carbons (Fsp3) is 1.00. The molecule has 98 valence electrons. The Morgan fingerprint density at radius 3 is 2.50 bits per heavy atom. The Balaban J connectivity index is 3.14. The highest BCUT2D eigenvalue weighted by Crippen LogP contribution is 1.91. The molecule has 0 radical (unpaired) electrons. The Kier molecular flexibility index (Phi) is 11.3. The van der Waals surface area contributed by atoms with Gasteiger partial charge in [0.2, 0.25) is 0 Å². The van der Waals surface area contributed by atoms with Crippen LogP contribution in [0.5, 0.6) is 0 Å². The van der Waals surface area contributed by atoms with E-state index in [2.05, 4.69) is 38.0 Å². The highest BCUT2D eigenvalue weighted by Gasteiger charge is 1.99. The van der Waals surface area contributed by atoms with Crippen molar-refractivity contribution in [2.45, 2.75) is 46.1 Å². The molecule has 1 N–H and O–H groups in total. The van der Waals surface area contributed by atoms with Crippen molar-refractivity contribution in [2.24, 2.45) is 0 Å². The minimum atomic E-state index is 0.348. The molecule has 0 saturated heterocycles. The third kappa shape index (κ3) is 12.0. The highest BCUT2D eigenvalue weighted by molar-refractivity contribution is 4.55. The van der Waals surface area contributed by atoms with E-state index < -0.39 is 0 Å². The molecule has 0 aliphatic rings. The number of nitrogens with one attached hydrogen (secondary N) is 1.